The smallest absolute Gasteiger partial charge is 0.135 e. The molecule has 12 rings (SSSR count). The van der Waals surface area contributed by atoms with E-state index in [1.165, 1.54) is 65.7 Å². The molecular weight excluding hydrogens is 775 g/mol. The molecule has 0 spiro atoms. The molecule has 0 aliphatic heterocycles. The van der Waals surface area contributed by atoms with Gasteiger partial charge in [0.05, 0.1) is 0 Å². The molecule has 11 aromatic carbocycles. The largest absolute Gasteiger partial charge is 0.456 e. The van der Waals surface area contributed by atoms with Crippen LogP contribution in [0.5, 0.6) is 0 Å². The average Bonchev–Trinajstić information content (AvgIpc) is 3.82. The SMILES string of the molecule is c1cc(-c2ccc(N(c3ccc(-c4cccc(-c5cccc6ccccc56)c4)cc3)c3ccc(-c4ccc5c(ccc6ccccc65)c4)cc3)cc2)cc(-c2cc3ccccc3o2)c1. The Labute approximate surface area is 372 Å². The molecule has 12 aromatic rings. The van der Waals surface area contributed by atoms with E-state index in [2.05, 4.69) is 235 Å². The maximum Gasteiger partial charge on any atom is 0.135 e. The molecule has 0 saturated heterocycles. The zero-order valence-electron chi connectivity index (χ0n) is 35.0. The van der Waals surface area contributed by atoms with Gasteiger partial charge in [-0.15, -0.1) is 0 Å². The van der Waals surface area contributed by atoms with Crippen molar-refractivity contribution >= 4 is 60.3 Å². The van der Waals surface area contributed by atoms with Gasteiger partial charge in [0.1, 0.15) is 11.3 Å². The van der Waals surface area contributed by atoms with Gasteiger partial charge in [0.15, 0.2) is 0 Å². The molecule has 0 bridgehead atoms. The predicted molar refractivity (Wildman–Crippen MR) is 271 cm³/mol. The molecule has 0 radical (unpaired) electrons. The molecule has 0 aliphatic carbocycles. The fourth-order valence-electron chi connectivity index (χ4n) is 9.37. The predicted octanol–water partition coefficient (Wildman–Crippen LogP) is 17.7. The number of rotatable bonds is 8. The second-order valence-electron chi connectivity index (χ2n) is 16.5. The van der Waals surface area contributed by atoms with Crippen molar-refractivity contribution in [1.29, 1.82) is 0 Å². The number of hydrogen-bond acceptors (Lipinski definition) is 2. The van der Waals surface area contributed by atoms with Gasteiger partial charge >= 0.3 is 0 Å². The van der Waals surface area contributed by atoms with Crippen molar-refractivity contribution in [2.24, 2.45) is 0 Å². The van der Waals surface area contributed by atoms with E-state index in [1.54, 1.807) is 0 Å². The zero-order valence-corrected chi connectivity index (χ0v) is 35.0. The number of furan rings is 1. The van der Waals surface area contributed by atoms with Crippen molar-refractivity contribution in [2.45, 2.75) is 0 Å². The molecule has 0 saturated carbocycles. The first-order chi connectivity index (χ1) is 31.7. The fraction of sp³-hybridized carbons (Fsp3) is 0. The van der Waals surface area contributed by atoms with E-state index < -0.39 is 0 Å². The normalized spacial score (nSPS) is 11.4. The van der Waals surface area contributed by atoms with Crippen LogP contribution in [0.4, 0.5) is 17.1 Å². The van der Waals surface area contributed by atoms with Gasteiger partial charge in [-0.3, -0.25) is 0 Å². The highest BCUT2D eigenvalue weighted by Crippen LogP contribution is 2.40. The average molecular weight is 816 g/mol. The van der Waals surface area contributed by atoms with Crippen LogP contribution in [0, 0.1) is 0 Å². The third-order valence-electron chi connectivity index (χ3n) is 12.7. The van der Waals surface area contributed by atoms with Crippen LogP contribution in [0.25, 0.3) is 99.1 Å². The Morgan fingerprint density at radius 1 is 0.250 bits per heavy atom. The number of anilines is 3. The van der Waals surface area contributed by atoms with E-state index in [4.69, 9.17) is 4.42 Å². The summed E-state index contributed by atoms with van der Waals surface area (Å²) >= 11 is 0. The first kappa shape index (κ1) is 37.3. The van der Waals surface area contributed by atoms with Gasteiger partial charge < -0.3 is 9.32 Å². The van der Waals surface area contributed by atoms with Gasteiger partial charge in [-0.2, -0.15) is 0 Å². The molecule has 64 heavy (non-hydrogen) atoms. The molecule has 0 fully saturated rings. The summed E-state index contributed by atoms with van der Waals surface area (Å²) in [6.07, 6.45) is 0. The van der Waals surface area contributed by atoms with E-state index in [-0.39, 0.29) is 0 Å². The quantitative estimate of drug-likeness (QED) is 0.142. The Hall–Kier alpha value is -8.46. The molecule has 2 nitrogen and oxygen atoms in total. The molecule has 0 amide bonds. The van der Waals surface area contributed by atoms with Crippen LogP contribution < -0.4 is 4.90 Å². The minimum Gasteiger partial charge on any atom is -0.456 e. The minimum atomic E-state index is 0.871. The highest BCUT2D eigenvalue weighted by molar-refractivity contribution is 6.08. The third kappa shape index (κ3) is 6.88. The molecule has 0 N–H and O–H groups in total. The monoisotopic (exact) mass is 815 g/mol. The molecule has 2 heteroatoms. The maximum atomic E-state index is 6.24. The lowest BCUT2D eigenvalue weighted by molar-refractivity contribution is 0.631. The molecule has 0 unspecified atom stereocenters. The standard InChI is InChI=1S/C62H41NO/c1-4-18-57-45(10-1)13-9-20-59(57)50-16-7-14-47(38-50)42-24-31-54(32-25-42)63(56-35-28-44(29-36-56)49-30-37-60-51(39-49)23-22-46-11-2-5-19-58(46)60)55-33-26-43(27-34-55)48-15-8-17-52(40-48)62-41-53-12-3-6-21-61(53)64-62/h1-41H. The van der Waals surface area contributed by atoms with Crippen LogP contribution in [0.15, 0.2) is 253 Å². The van der Waals surface area contributed by atoms with Gasteiger partial charge in [0, 0.05) is 28.0 Å². The molecule has 300 valence electrons. The Morgan fingerprint density at radius 3 is 1.36 bits per heavy atom. The van der Waals surface area contributed by atoms with Gasteiger partial charge in [0.2, 0.25) is 0 Å². The summed E-state index contributed by atoms with van der Waals surface area (Å²) in [5.41, 5.74) is 14.7. The summed E-state index contributed by atoms with van der Waals surface area (Å²) in [5, 5.41) is 8.68. The molecule has 0 atom stereocenters. The summed E-state index contributed by atoms with van der Waals surface area (Å²) in [7, 11) is 0. The summed E-state index contributed by atoms with van der Waals surface area (Å²) in [6, 6.07) is 89.7. The fourth-order valence-corrected chi connectivity index (χ4v) is 9.37. The Bertz CT molecular complexity index is 3620. The van der Waals surface area contributed by atoms with Crippen molar-refractivity contribution < 1.29 is 4.42 Å². The van der Waals surface area contributed by atoms with E-state index in [0.29, 0.717) is 0 Å². The number of hydrogen-bond donors (Lipinski definition) is 0. The summed E-state index contributed by atoms with van der Waals surface area (Å²) in [6.45, 7) is 0. The van der Waals surface area contributed by atoms with Crippen molar-refractivity contribution in [3.63, 3.8) is 0 Å². The zero-order chi connectivity index (χ0) is 42.4. The van der Waals surface area contributed by atoms with Crippen molar-refractivity contribution in [1.82, 2.24) is 0 Å². The van der Waals surface area contributed by atoms with E-state index in [1.807, 2.05) is 18.2 Å². The first-order valence-corrected chi connectivity index (χ1v) is 21.9. The molecule has 0 aliphatic rings. The Morgan fingerprint density at radius 2 is 0.703 bits per heavy atom. The van der Waals surface area contributed by atoms with Crippen LogP contribution in [0.3, 0.4) is 0 Å². The van der Waals surface area contributed by atoms with Gasteiger partial charge in [-0.05, 0) is 144 Å². The van der Waals surface area contributed by atoms with Crippen LogP contribution in [0.2, 0.25) is 0 Å². The number of benzene rings is 11. The Kier molecular flexibility index (Phi) is 9.20. The van der Waals surface area contributed by atoms with Crippen LogP contribution in [-0.4, -0.2) is 0 Å². The highest BCUT2D eigenvalue weighted by atomic mass is 16.3. The topological polar surface area (TPSA) is 16.4 Å². The van der Waals surface area contributed by atoms with Crippen molar-refractivity contribution in [2.75, 3.05) is 4.90 Å². The summed E-state index contributed by atoms with van der Waals surface area (Å²) in [4.78, 5) is 2.35. The third-order valence-corrected chi connectivity index (χ3v) is 12.7. The van der Waals surface area contributed by atoms with Gasteiger partial charge in [-0.25, -0.2) is 0 Å². The number of para-hydroxylation sites is 1. The van der Waals surface area contributed by atoms with Gasteiger partial charge in [-0.1, -0.05) is 182 Å². The number of fused-ring (bicyclic) bond motifs is 5. The van der Waals surface area contributed by atoms with E-state index >= 15 is 0 Å². The summed E-state index contributed by atoms with van der Waals surface area (Å²) < 4.78 is 6.24. The maximum absolute atomic E-state index is 6.24. The molecule has 1 heterocycles. The van der Waals surface area contributed by atoms with Crippen LogP contribution in [-0.2, 0) is 0 Å². The van der Waals surface area contributed by atoms with E-state index in [0.717, 1.165) is 50.5 Å². The van der Waals surface area contributed by atoms with E-state index in [9.17, 15) is 0 Å². The Balaban J connectivity index is 0.894. The van der Waals surface area contributed by atoms with Crippen molar-refractivity contribution in [3.05, 3.63) is 249 Å². The highest BCUT2D eigenvalue weighted by Gasteiger charge is 2.16. The lowest BCUT2D eigenvalue weighted by atomic mass is 9.95. The minimum absolute atomic E-state index is 0.871. The van der Waals surface area contributed by atoms with Crippen LogP contribution in [0.1, 0.15) is 0 Å². The lowest BCUT2D eigenvalue weighted by Crippen LogP contribution is -2.09. The van der Waals surface area contributed by atoms with Crippen molar-refractivity contribution in [3.8, 4) is 55.8 Å². The first-order valence-electron chi connectivity index (χ1n) is 21.9. The lowest BCUT2D eigenvalue weighted by Gasteiger charge is -2.26. The molecule has 1 aromatic heterocycles. The summed E-state index contributed by atoms with van der Waals surface area (Å²) in [5.74, 6) is 0.871. The number of nitrogens with zero attached hydrogens (tertiary/aromatic N) is 1. The van der Waals surface area contributed by atoms with Gasteiger partial charge in [0.25, 0.3) is 0 Å². The molecular formula is C62H41NO. The van der Waals surface area contributed by atoms with Crippen LogP contribution >= 0.6 is 0 Å². The second kappa shape index (κ2) is 15.8. The second-order valence-corrected chi connectivity index (χ2v) is 16.5.